The Bertz CT molecular complexity index is 215. The fourth-order valence-electron chi connectivity index (χ4n) is 2.93. The SMILES string of the molecule is CCCC[SiH2]C(C=O)CCCCOC1CCCCC1. The third-order valence-corrected chi connectivity index (χ3v) is 6.50. The monoisotopic (exact) mass is 284 g/mol. The largest absolute Gasteiger partial charge is 0.378 e. The van der Waals surface area contributed by atoms with E-state index < -0.39 is 0 Å². The third kappa shape index (κ3) is 8.59. The van der Waals surface area contributed by atoms with Gasteiger partial charge in [0.1, 0.15) is 6.29 Å². The van der Waals surface area contributed by atoms with Gasteiger partial charge in [-0.15, -0.1) is 0 Å². The maximum absolute atomic E-state index is 11.0. The molecule has 1 unspecified atom stereocenters. The fraction of sp³-hybridized carbons (Fsp3) is 0.938. The molecule has 112 valence electrons. The summed E-state index contributed by atoms with van der Waals surface area (Å²) in [4.78, 5) is 11.0. The molecular weight excluding hydrogens is 252 g/mol. The van der Waals surface area contributed by atoms with E-state index in [-0.39, 0.29) is 9.52 Å². The number of hydrogen-bond acceptors (Lipinski definition) is 2. The number of carbonyl (C=O) groups is 1. The Hall–Kier alpha value is -0.153. The molecule has 1 fully saturated rings. The number of hydrogen-bond donors (Lipinski definition) is 0. The van der Waals surface area contributed by atoms with Crippen molar-refractivity contribution in [3.63, 3.8) is 0 Å². The van der Waals surface area contributed by atoms with Gasteiger partial charge in [0.15, 0.2) is 0 Å². The zero-order valence-corrected chi connectivity index (χ0v) is 14.2. The second-order valence-electron chi connectivity index (χ2n) is 6.02. The molecule has 0 N–H and O–H groups in total. The lowest BCUT2D eigenvalue weighted by Gasteiger charge is -2.22. The van der Waals surface area contributed by atoms with Gasteiger partial charge in [0.2, 0.25) is 0 Å². The summed E-state index contributed by atoms with van der Waals surface area (Å²) in [6.45, 7) is 3.14. The molecule has 0 aromatic rings. The maximum atomic E-state index is 11.0. The van der Waals surface area contributed by atoms with Crippen LogP contribution in [0.25, 0.3) is 0 Å². The number of aldehydes is 1. The van der Waals surface area contributed by atoms with E-state index in [9.17, 15) is 4.79 Å². The highest BCUT2D eigenvalue weighted by molar-refractivity contribution is 6.42. The van der Waals surface area contributed by atoms with Crippen molar-refractivity contribution in [2.24, 2.45) is 0 Å². The lowest BCUT2D eigenvalue weighted by atomic mass is 9.98. The van der Waals surface area contributed by atoms with Gasteiger partial charge in [-0.2, -0.15) is 0 Å². The summed E-state index contributed by atoms with van der Waals surface area (Å²) < 4.78 is 5.92. The van der Waals surface area contributed by atoms with Gasteiger partial charge < -0.3 is 9.53 Å². The average molecular weight is 285 g/mol. The summed E-state index contributed by atoms with van der Waals surface area (Å²) >= 11 is 0. The van der Waals surface area contributed by atoms with Crippen LogP contribution < -0.4 is 0 Å². The Labute approximate surface area is 121 Å². The third-order valence-electron chi connectivity index (χ3n) is 4.25. The molecule has 2 nitrogen and oxygen atoms in total. The standard InChI is InChI=1S/C16H32O2Si/c1-2-3-13-19-16(14-17)11-7-8-12-18-15-9-5-4-6-10-15/h14-16H,2-13,19H2,1H3. The van der Waals surface area contributed by atoms with Crippen LogP contribution in [0.5, 0.6) is 0 Å². The zero-order chi connectivity index (χ0) is 13.8. The Morgan fingerprint density at radius 1 is 1.21 bits per heavy atom. The molecule has 0 heterocycles. The topological polar surface area (TPSA) is 26.3 Å². The molecule has 1 aliphatic carbocycles. The van der Waals surface area contributed by atoms with Crippen LogP contribution in [0.2, 0.25) is 11.6 Å². The molecule has 1 saturated carbocycles. The Morgan fingerprint density at radius 2 is 2.00 bits per heavy atom. The molecule has 3 heteroatoms. The second kappa shape index (κ2) is 11.7. The number of unbranched alkanes of at least 4 members (excludes halogenated alkanes) is 2. The average Bonchev–Trinajstić information content (AvgIpc) is 2.46. The Morgan fingerprint density at radius 3 is 2.68 bits per heavy atom. The summed E-state index contributed by atoms with van der Waals surface area (Å²) in [7, 11) is -0.148. The van der Waals surface area contributed by atoms with Gasteiger partial charge in [0, 0.05) is 21.7 Å². The highest BCUT2D eigenvalue weighted by Crippen LogP contribution is 2.21. The summed E-state index contributed by atoms with van der Waals surface area (Å²) in [5, 5.41) is 0. The van der Waals surface area contributed by atoms with Crippen LogP contribution in [-0.4, -0.2) is 28.5 Å². The molecule has 19 heavy (non-hydrogen) atoms. The van der Waals surface area contributed by atoms with E-state index >= 15 is 0 Å². The molecule has 0 saturated heterocycles. The van der Waals surface area contributed by atoms with Crippen molar-refractivity contribution in [2.45, 2.75) is 88.8 Å². The maximum Gasteiger partial charge on any atom is 0.119 e. The van der Waals surface area contributed by atoms with Gasteiger partial charge in [0.25, 0.3) is 0 Å². The van der Waals surface area contributed by atoms with E-state index in [1.54, 1.807) is 0 Å². The molecule has 0 aromatic heterocycles. The summed E-state index contributed by atoms with van der Waals surface area (Å²) in [5.41, 5.74) is 0.432. The van der Waals surface area contributed by atoms with Crippen molar-refractivity contribution in [3.8, 4) is 0 Å². The van der Waals surface area contributed by atoms with Crippen LogP contribution in [0.1, 0.15) is 71.1 Å². The molecule has 0 spiro atoms. The molecule has 1 aliphatic rings. The number of carbonyl (C=O) groups excluding carboxylic acids is 1. The van der Waals surface area contributed by atoms with E-state index in [2.05, 4.69) is 6.92 Å². The van der Waals surface area contributed by atoms with E-state index in [1.807, 2.05) is 0 Å². The highest BCUT2D eigenvalue weighted by atomic mass is 28.2. The predicted octanol–water partition coefficient (Wildman–Crippen LogP) is 3.88. The van der Waals surface area contributed by atoms with Crippen molar-refractivity contribution in [2.75, 3.05) is 6.61 Å². The second-order valence-corrected chi connectivity index (χ2v) is 8.35. The van der Waals surface area contributed by atoms with Crippen LogP contribution >= 0.6 is 0 Å². The van der Waals surface area contributed by atoms with Gasteiger partial charge >= 0.3 is 0 Å². The molecule has 0 aliphatic heterocycles. The van der Waals surface area contributed by atoms with E-state index in [4.69, 9.17) is 4.74 Å². The quantitative estimate of drug-likeness (QED) is 0.327. The molecular formula is C16H32O2Si. The first kappa shape index (κ1) is 16.9. The van der Waals surface area contributed by atoms with Gasteiger partial charge in [-0.3, -0.25) is 0 Å². The lowest BCUT2D eigenvalue weighted by molar-refractivity contribution is -0.107. The van der Waals surface area contributed by atoms with Crippen molar-refractivity contribution < 1.29 is 9.53 Å². The highest BCUT2D eigenvalue weighted by Gasteiger charge is 2.13. The van der Waals surface area contributed by atoms with E-state index in [0.29, 0.717) is 11.6 Å². The van der Waals surface area contributed by atoms with Gasteiger partial charge in [-0.25, -0.2) is 0 Å². The minimum atomic E-state index is -0.148. The summed E-state index contributed by atoms with van der Waals surface area (Å²) in [5.74, 6) is 0. The fourth-order valence-corrected chi connectivity index (χ4v) is 4.95. The van der Waals surface area contributed by atoms with Crippen molar-refractivity contribution >= 4 is 15.8 Å². The molecule has 0 radical (unpaired) electrons. The van der Waals surface area contributed by atoms with E-state index in [1.165, 1.54) is 63.7 Å². The van der Waals surface area contributed by atoms with E-state index in [0.717, 1.165) is 19.4 Å². The van der Waals surface area contributed by atoms with Crippen LogP contribution in [0, 0.1) is 0 Å². The Balaban J connectivity index is 1.94. The first-order valence-corrected chi connectivity index (χ1v) is 10.3. The Kier molecular flexibility index (Phi) is 10.4. The normalized spacial score (nSPS) is 19.0. The molecule has 1 atom stereocenters. The molecule has 0 amide bonds. The van der Waals surface area contributed by atoms with Gasteiger partial charge in [-0.1, -0.05) is 51.5 Å². The first-order valence-electron chi connectivity index (χ1n) is 8.43. The molecule has 1 rings (SSSR count). The first-order chi connectivity index (χ1) is 9.36. The van der Waals surface area contributed by atoms with Crippen LogP contribution in [0.3, 0.4) is 0 Å². The van der Waals surface area contributed by atoms with Crippen LogP contribution in [-0.2, 0) is 9.53 Å². The summed E-state index contributed by atoms with van der Waals surface area (Å²) in [6.07, 6.45) is 14.4. The van der Waals surface area contributed by atoms with Crippen LogP contribution in [0.4, 0.5) is 0 Å². The van der Waals surface area contributed by atoms with Crippen LogP contribution in [0.15, 0.2) is 0 Å². The van der Waals surface area contributed by atoms with Crippen molar-refractivity contribution in [1.82, 2.24) is 0 Å². The van der Waals surface area contributed by atoms with Crippen molar-refractivity contribution in [3.05, 3.63) is 0 Å². The predicted molar refractivity (Wildman–Crippen MR) is 84.7 cm³/mol. The minimum absolute atomic E-state index is 0.148. The summed E-state index contributed by atoms with van der Waals surface area (Å²) in [6, 6.07) is 1.35. The molecule has 0 bridgehead atoms. The minimum Gasteiger partial charge on any atom is -0.378 e. The zero-order valence-electron chi connectivity index (χ0n) is 12.7. The smallest absolute Gasteiger partial charge is 0.119 e. The lowest BCUT2D eigenvalue weighted by Crippen LogP contribution is -2.17. The van der Waals surface area contributed by atoms with Crippen molar-refractivity contribution in [1.29, 1.82) is 0 Å². The molecule has 0 aromatic carbocycles. The number of rotatable bonds is 11. The van der Waals surface area contributed by atoms with Gasteiger partial charge in [-0.05, 0) is 25.7 Å². The van der Waals surface area contributed by atoms with Gasteiger partial charge in [0.05, 0.1) is 6.10 Å². The number of ether oxygens (including phenoxy) is 1.